The van der Waals surface area contributed by atoms with Gasteiger partial charge in [0.1, 0.15) is 6.54 Å². The van der Waals surface area contributed by atoms with Gasteiger partial charge in [-0.2, -0.15) is 0 Å². The van der Waals surface area contributed by atoms with E-state index in [1.54, 1.807) is 12.4 Å². The van der Waals surface area contributed by atoms with Crippen LogP contribution in [0.15, 0.2) is 12.4 Å². The van der Waals surface area contributed by atoms with Crippen LogP contribution in [-0.4, -0.2) is 33.5 Å². The van der Waals surface area contributed by atoms with E-state index in [4.69, 9.17) is 5.73 Å². The highest BCUT2D eigenvalue weighted by atomic mass is 16.2. The largest absolute Gasteiger partial charge is 0.351 e. The van der Waals surface area contributed by atoms with Crippen LogP contribution in [0.25, 0.3) is 0 Å². The average molecular weight is 237 g/mol. The number of nitrogens with zero attached hydrogens (tertiary/aromatic N) is 3. The van der Waals surface area contributed by atoms with Crippen molar-refractivity contribution in [1.82, 2.24) is 20.3 Å². The highest BCUT2D eigenvalue weighted by molar-refractivity contribution is 5.75. The van der Waals surface area contributed by atoms with E-state index >= 15 is 0 Å². The molecular weight excluding hydrogens is 218 g/mol. The molecule has 2 atom stereocenters. The van der Waals surface area contributed by atoms with Crippen molar-refractivity contribution in [2.45, 2.75) is 38.3 Å². The summed E-state index contributed by atoms with van der Waals surface area (Å²) in [6.45, 7) is 0.877. The Kier molecular flexibility index (Phi) is 4.08. The molecule has 1 aliphatic rings. The van der Waals surface area contributed by atoms with Crippen LogP contribution in [0.3, 0.4) is 0 Å². The molecule has 6 nitrogen and oxygen atoms in total. The Labute approximate surface area is 101 Å². The molecule has 17 heavy (non-hydrogen) atoms. The summed E-state index contributed by atoms with van der Waals surface area (Å²) < 4.78 is 1.52. The number of nitrogens with one attached hydrogen (secondary N) is 1. The van der Waals surface area contributed by atoms with E-state index in [9.17, 15) is 4.79 Å². The Bertz CT molecular complexity index is 351. The predicted octanol–water partition coefficient (Wildman–Crippen LogP) is -0.0882. The van der Waals surface area contributed by atoms with Crippen molar-refractivity contribution in [2.24, 2.45) is 11.7 Å². The van der Waals surface area contributed by atoms with Crippen LogP contribution in [0.5, 0.6) is 0 Å². The summed E-state index contributed by atoms with van der Waals surface area (Å²) in [5.74, 6) is 0.407. The van der Waals surface area contributed by atoms with Crippen molar-refractivity contribution in [3.63, 3.8) is 0 Å². The summed E-state index contributed by atoms with van der Waals surface area (Å²) in [5.41, 5.74) is 5.73. The van der Waals surface area contributed by atoms with Gasteiger partial charge in [-0.15, -0.1) is 5.10 Å². The van der Waals surface area contributed by atoms with Crippen molar-refractivity contribution in [1.29, 1.82) is 0 Å². The van der Waals surface area contributed by atoms with Crippen molar-refractivity contribution >= 4 is 5.91 Å². The summed E-state index contributed by atoms with van der Waals surface area (Å²) in [5, 5.41) is 10.5. The van der Waals surface area contributed by atoms with Gasteiger partial charge in [-0.1, -0.05) is 18.1 Å². The second-order valence-corrected chi connectivity index (χ2v) is 4.55. The number of aromatic nitrogens is 3. The molecule has 0 bridgehead atoms. The third-order valence-corrected chi connectivity index (χ3v) is 3.34. The zero-order valence-corrected chi connectivity index (χ0v) is 9.88. The van der Waals surface area contributed by atoms with E-state index in [1.165, 1.54) is 17.5 Å². The van der Waals surface area contributed by atoms with E-state index in [1.807, 2.05) is 0 Å². The molecule has 1 aliphatic carbocycles. The number of rotatable bonds is 4. The van der Waals surface area contributed by atoms with Crippen LogP contribution in [0, 0.1) is 5.92 Å². The highest BCUT2D eigenvalue weighted by Crippen LogP contribution is 2.23. The zero-order valence-electron chi connectivity index (χ0n) is 9.88. The Morgan fingerprint density at radius 2 is 2.29 bits per heavy atom. The molecule has 1 heterocycles. The lowest BCUT2D eigenvalue weighted by Gasteiger charge is -2.31. The molecule has 1 saturated carbocycles. The maximum absolute atomic E-state index is 11.8. The maximum Gasteiger partial charge on any atom is 0.242 e. The van der Waals surface area contributed by atoms with Crippen molar-refractivity contribution in [3.8, 4) is 0 Å². The minimum Gasteiger partial charge on any atom is -0.351 e. The molecule has 2 rings (SSSR count). The molecule has 3 N–H and O–H groups in total. The van der Waals surface area contributed by atoms with Crippen LogP contribution >= 0.6 is 0 Å². The fraction of sp³-hybridized carbons (Fsp3) is 0.727. The Morgan fingerprint density at radius 1 is 1.47 bits per heavy atom. The lowest BCUT2D eigenvalue weighted by atomic mass is 9.84. The van der Waals surface area contributed by atoms with Gasteiger partial charge in [-0.3, -0.25) is 4.79 Å². The first-order valence-electron chi connectivity index (χ1n) is 6.13. The maximum atomic E-state index is 11.8. The lowest BCUT2D eigenvalue weighted by Crippen LogP contribution is -2.45. The predicted molar refractivity (Wildman–Crippen MR) is 63.0 cm³/mol. The van der Waals surface area contributed by atoms with Gasteiger partial charge in [-0.05, 0) is 25.3 Å². The average Bonchev–Trinajstić information content (AvgIpc) is 2.82. The first kappa shape index (κ1) is 12.0. The number of carbonyl (C=O) groups is 1. The number of carbonyl (C=O) groups excluding carboxylic acids is 1. The third-order valence-electron chi connectivity index (χ3n) is 3.34. The zero-order chi connectivity index (χ0) is 12.1. The summed E-state index contributed by atoms with van der Waals surface area (Å²) >= 11 is 0. The molecule has 0 saturated heterocycles. The van der Waals surface area contributed by atoms with Crippen LogP contribution in [0.2, 0.25) is 0 Å². The van der Waals surface area contributed by atoms with Gasteiger partial charge in [-0.25, -0.2) is 4.68 Å². The van der Waals surface area contributed by atoms with Gasteiger partial charge in [0.25, 0.3) is 0 Å². The molecule has 2 unspecified atom stereocenters. The number of hydrogen-bond acceptors (Lipinski definition) is 4. The molecule has 1 fully saturated rings. The van der Waals surface area contributed by atoms with Gasteiger partial charge >= 0.3 is 0 Å². The molecule has 0 spiro atoms. The molecule has 6 heteroatoms. The van der Waals surface area contributed by atoms with E-state index in [0.717, 1.165) is 12.8 Å². The van der Waals surface area contributed by atoms with E-state index in [-0.39, 0.29) is 18.5 Å². The normalized spacial score (nSPS) is 24.5. The molecule has 1 aromatic heterocycles. The number of amides is 1. The highest BCUT2D eigenvalue weighted by Gasteiger charge is 2.25. The fourth-order valence-corrected chi connectivity index (χ4v) is 2.40. The van der Waals surface area contributed by atoms with Gasteiger partial charge in [0, 0.05) is 12.2 Å². The van der Waals surface area contributed by atoms with Gasteiger partial charge in [0.05, 0.1) is 6.20 Å². The van der Waals surface area contributed by atoms with Crippen molar-refractivity contribution < 1.29 is 4.79 Å². The monoisotopic (exact) mass is 237 g/mol. The van der Waals surface area contributed by atoms with Crippen LogP contribution in [0.1, 0.15) is 25.7 Å². The molecule has 0 radical (unpaired) electrons. The summed E-state index contributed by atoms with van der Waals surface area (Å²) in [6, 6.07) is 0.227. The smallest absolute Gasteiger partial charge is 0.242 e. The first-order valence-corrected chi connectivity index (χ1v) is 6.13. The second-order valence-electron chi connectivity index (χ2n) is 4.55. The van der Waals surface area contributed by atoms with E-state index in [2.05, 4.69) is 15.6 Å². The van der Waals surface area contributed by atoms with Crippen molar-refractivity contribution in [2.75, 3.05) is 6.54 Å². The molecular formula is C11H19N5O. The lowest BCUT2D eigenvalue weighted by molar-refractivity contribution is -0.123. The minimum atomic E-state index is -0.0131. The van der Waals surface area contributed by atoms with Gasteiger partial charge in [0.2, 0.25) is 5.91 Å². The fourth-order valence-electron chi connectivity index (χ4n) is 2.40. The van der Waals surface area contributed by atoms with Crippen LogP contribution in [-0.2, 0) is 11.3 Å². The second kappa shape index (κ2) is 5.77. The van der Waals surface area contributed by atoms with E-state index in [0.29, 0.717) is 12.5 Å². The topological polar surface area (TPSA) is 85.8 Å². The van der Waals surface area contributed by atoms with Crippen molar-refractivity contribution in [3.05, 3.63) is 12.4 Å². The van der Waals surface area contributed by atoms with Gasteiger partial charge < -0.3 is 11.1 Å². The molecule has 1 amide bonds. The Balaban J connectivity index is 1.84. The SMILES string of the molecule is NCC1CCCCC1NC(=O)Cn1ccnn1. The molecule has 1 aromatic rings. The van der Waals surface area contributed by atoms with E-state index < -0.39 is 0 Å². The quantitative estimate of drug-likeness (QED) is 0.766. The van der Waals surface area contributed by atoms with Crippen LogP contribution < -0.4 is 11.1 Å². The third kappa shape index (κ3) is 3.26. The van der Waals surface area contributed by atoms with Crippen LogP contribution in [0.4, 0.5) is 0 Å². The number of hydrogen-bond donors (Lipinski definition) is 2. The summed E-state index contributed by atoms with van der Waals surface area (Å²) in [6.07, 6.45) is 7.79. The molecule has 94 valence electrons. The van der Waals surface area contributed by atoms with Gasteiger partial charge in [0.15, 0.2) is 0 Å². The Hall–Kier alpha value is -1.43. The first-order chi connectivity index (χ1) is 8.29. The summed E-state index contributed by atoms with van der Waals surface area (Å²) in [7, 11) is 0. The summed E-state index contributed by atoms with van der Waals surface area (Å²) in [4.78, 5) is 11.8. The Morgan fingerprint density at radius 3 is 3.00 bits per heavy atom. The standard InChI is InChI=1S/C11H19N5O/c12-7-9-3-1-2-4-10(9)14-11(17)8-16-6-5-13-15-16/h5-6,9-10H,1-4,7-8,12H2,(H,14,17). The molecule has 0 aromatic carbocycles. The minimum absolute atomic E-state index is 0.0131. The molecule has 0 aliphatic heterocycles. The number of nitrogens with two attached hydrogens (primary N) is 1.